The Balaban J connectivity index is 2.26. The molecular formula is C14H15BrN2O3S. The average molecular weight is 371 g/mol. The smallest absolute Gasteiger partial charge is 0.242 e. The largest absolute Gasteiger partial charge is 0.392 e. The summed E-state index contributed by atoms with van der Waals surface area (Å²) in [7, 11) is -3.68. The van der Waals surface area contributed by atoms with Crippen molar-refractivity contribution >= 4 is 26.0 Å². The molecule has 2 N–H and O–H groups in total. The van der Waals surface area contributed by atoms with Crippen LogP contribution in [0.2, 0.25) is 0 Å². The number of aliphatic hydroxyl groups is 1. The molecule has 1 heterocycles. The number of rotatable bonds is 5. The van der Waals surface area contributed by atoms with Crippen molar-refractivity contribution in [2.45, 2.75) is 24.5 Å². The van der Waals surface area contributed by atoms with E-state index in [4.69, 9.17) is 5.11 Å². The molecule has 0 aliphatic rings. The standard InChI is InChI=1S/C14H15BrN2O3S/c1-10(13-4-2-3-7-16-13)17-21(19,20)14-6-5-11(9-18)8-12(14)15/h2-8,10,17-18H,9H2,1H3. The number of aliphatic hydroxyl groups excluding tert-OH is 1. The van der Waals surface area contributed by atoms with E-state index in [1.807, 2.05) is 0 Å². The van der Waals surface area contributed by atoms with Crippen LogP contribution in [0.25, 0.3) is 0 Å². The highest BCUT2D eigenvalue weighted by atomic mass is 79.9. The predicted octanol–water partition coefficient (Wildman–Crippen LogP) is 2.38. The number of aromatic nitrogens is 1. The number of nitrogens with zero attached hydrogens (tertiary/aromatic N) is 1. The predicted molar refractivity (Wildman–Crippen MR) is 83.0 cm³/mol. The van der Waals surface area contributed by atoms with Gasteiger partial charge in [-0.1, -0.05) is 12.1 Å². The molecule has 0 saturated carbocycles. The number of halogens is 1. The van der Waals surface area contributed by atoms with E-state index in [2.05, 4.69) is 25.6 Å². The van der Waals surface area contributed by atoms with Crippen LogP contribution in [0.3, 0.4) is 0 Å². The molecule has 0 fully saturated rings. The minimum absolute atomic E-state index is 0.127. The molecule has 5 nitrogen and oxygen atoms in total. The van der Waals surface area contributed by atoms with Crippen LogP contribution in [0, 0.1) is 0 Å². The first-order chi connectivity index (χ1) is 9.94. The molecule has 1 unspecified atom stereocenters. The molecule has 21 heavy (non-hydrogen) atoms. The van der Waals surface area contributed by atoms with Gasteiger partial charge in [0.05, 0.1) is 23.2 Å². The molecule has 1 aromatic carbocycles. The first-order valence-corrected chi connectivity index (χ1v) is 8.54. The zero-order valence-electron chi connectivity index (χ0n) is 11.3. The van der Waals surface area contributed by atoms with Crippen molar-refractivity contribution in [2.24, 2.45) is 0 Å². The van der Waals surface area contributed by atoms with E-state index in [1.54, 1.807) is 43.5 Å². The molecule has 2 aromatic rings. The number of sulfonamides is 1. The van der Waals surface area contributed by atoms with E-state index in [0.29, 0.717) is 15.7 Å². The van der Waals surface area contributed by atoms with E-state index in [1.165, 1.54) is 6.07 Å². The highest BCUT2D eigenvalue weighted by Crippen LogP contribution is 2.24. The number of hydrogen-bond donors (Lipinski definition) is 2. The average Bonchev–Trinajstić information content (AvgIpc) is 2.47. The Kier molecular flexibility index (Phi) is 5.10. The normalized spacial score (nSPS) is 13.1. The second kappa shape index (κ2) is 6.65. The molecule has 1 aromatic heterocycles. The third kappa shape index (κ3) is 3.88. The molecule has 0 saturated heterocycles. The maximum atomic E-state index is 12.4. The number of hydrogen-bond acceptors (Lipinski definition) is 4. The quantitative estimate of drug-likeness (QED) is 0.846. The monoisotopic (exact) mass is 370 g/mol. The Labute approximate surface area is 132 Å². The first kappa shape index (κ1) is 16.1. The van der Waals surface area contributed by atoms with Gasteiger partial charge in [-0.3, -0.25) is 4.98 Å². The van der Waals surface area contributed by atoms with Crippen LogP contribution in [0.4, 0.5) is 0 Å². The maximum Gasteiger partial charge on any atom is 0.242 e. The lowest BCUT2D eigenvalue weighted by molar-refractivity contribution is 0.281. The molecule has 0 spiro atoms. The van der Waals surface area contributed by atoms with Gasteiger partial charge in [-0.05, 0) is 52.7 Å². The van der Waals surface area contributed by atoms with Crippen LogP contribution in [-0.2, 0) is 16.6 Å². The maximum absolute atomic E-state index is 12.4. The SMILES string of the molecule is CC(NS(=O)(=O)c1ccc(CO)cc1Br)c1ccccn1. The van der Waals surface area contributed by atoms with Gasteiger partial charge in [0.2, 0.25) is 10.0 Å². The molecule has 1 atom stereocenters. The topological polar surface area (TPSA) is 79.3 Å². The lowest BCUT2D eigenvalue weighted by Gasteiger charge is -2.15. The van der Waals surface area contributed by atoms with E-state index in [9.17, 15) is 8.42 Å². The Morgan fingerprint density at radius 2 is 2.10 bits per heavy atom. The lowest BCUT2D eigenvalue weighted by atomic mass is 10.2. The second-order valence-electron chi connectivity index (χ2n) is 4.52. The van der Waals surface area contributed by atoms with Crippen LogP contribution in [0.5, 0.6) is 0 Å². The summed E-state index contributed by atoms with van der Waals surface area (Å²) in [5, 5.41) is 9.06. The van der Waals surface area contributed by atoms with Crippen molar-refractivity contribution < 1.29 is 13.5 Å². The van der Waals surface area contributed by atoms with Crippen LogP contribution >= 0.6 is 15.9 Å². The molecular weight excluding hydrogens is 356 g/mol. The Morgan fingerprint density at radius 3 is 2.67 bits per heavy atom. The minimum Gasteiger partial charge on any atom is -0.392 e. The molecule has 0 bridgehead atoms. The second-order valence-corrected chi connectivity index (χ2v) is 7.06. The van der Waals surface area contributed by atoms with Gasteiger partial charge in [-0.2, -0.15) is 0 Å². The van der Waals surface area contributed by atoms with Crippen molar-refractivity contribution in [3.8, 4) is 0 Å². The number of benzene rings is 1. The van der Waals surface area contributed by atoms with Crippen molar-refractivity contribution in [1.29, 1.82) is 0 Å². The van der Waals surface area contributed by atoms with Gasteiger partial charge in [-0.15, -0.1) is 0 Å². The van der Waals surface area contributed by atoms with Gasteiger partial charge in [-0.25, -0.2) is 13.1 Å². The van der Waals surface area contributed by atoms with Gasteiger partial charge in [0, 0.05) is 10.7 Å². The van der Waals surface area contributed by atoms with Gasteiger partial charge in [0.15, 0.2) is 0 Å². The molecule has 0 aliphatic heterocycles. The summed E-state index contributed by atoms with van der Waals surface area (Å²) < 4.78 is 27.8. The van der Waals surface area contributed by atoms with Crippen molar-refractivity contribution in [1.82, 2.24) is 9.71 Å². The van der Waals surface area contributed by atoms with Crippen molar-refractivity contribution in [3.05, 3.63) is 58.3 Å². The number of pyridine rings is 1. The highest BCUT2D eigenvalue weighted by molar-refractivity contribution is 9.10. The summed E-state index contributed by atoms with van der Waals surface area (Å²) in [6.07, 6.45) is 1.62. The fraction of sp³-hybridized carbons (Fsp3) is 0.214. The Bertz CT molecular complexity index is 720. The van der Waals surface area contributed by atoms with E-state index in [-0.39, 0.29) is 11.5 Å². The summed E-state index contributed by atoms with van der Waals surface area (Å²) in [5.74, 6) is 0. The molecule has 0 amide bonds. The minimum atomic E-state index is -3.68. The van der Waals surface area contributed by atoms with Crippen molar-refractivity contribution in [2.75, 3.05) is 0 Å². The summed E-state index contributed by atoms with van der Waals surface area (Å²) >= 11 is 3.22. The molecule has 7 heteroatoms. The first-order valence-electron chi connectivity index (χ1n) is 6.26. The number of nitrogens with one attached hydrogen (secondary N) is 1. The third-order valence-corrected chi connectivity index (χ3v) is 5.45. The van der Waals surface area contributed by atoms with Gasteiger partial charge in [0.1, 0.15) is 0 Å². The lowest BCUT2D eigenvalue weighted by Crippen LogP contribution is -2.27. The molecule has 0 radical (unpaired) electrons. The zero-order valence-corrected chi connectivity index (χ0v) is 13.7. The van der Waals surface area contributed by atoms with Crippen LogP contribution in [-0.4, -0.2) is 18.5 Å². The Morgan fingerprint density at radius 1 is 1.33 bits per heavy atom. The molecule has 112 valence electrons. The summed E-state index contributed by atoms with van der Waals surface area (Å²) in [6.45, 7) is 1.59. The van der Waals surface area contributed by atoms with E-state index < -0.39 is 16.1 Å². The van der Waals surface area contributed by atoms with Crippen molar-refractivity contribution in [3.63, 3.8) is 0 Å². The Hall–Kier alpha value is -1.28. The molecule has 2 rings (SSSR count). The fourth-order valence-corrected chi connectivity index (χ4v) is 4.19. The van der Waals surface area contributed by atoms with E-state index in [0.717, 1.165) is 0 Å². The fourth-order valence-electron chi connectivity index (χ4n) is 1.85. The van der Waals surface area contributed by atoms with Crippen LogP contribution in [0.1, 0.15) is 24.2 Å². The molecule has 0 aliphatic carbocycles. The zero-order chi connectivity index (χ0) is 15.5. The van der Waals surface area contributed by atoms with Crippen LogP contribution < -0.4 is 4.72 Å². The highest BCUT2D eigenvalue weighted by Gasteiger charge is 2.21. The van der Waals surface area contributed by atoms with Gasteiger partial charge < -0.3 is 5.11 Å². The summed E-state index contributed by atoms with van der Waals surface area (Å²) in [4.78, 5) is 4.26. The van der Waals surface area contributed by atoms with Gasteiger partial charge >= 0.3 is 0 Å². The third-order valence-electron chi connectivity index (χ3n) is 2.93. The summed E-state index contributed by atoms with van der Waals surface area (Å²) in [5.41, 5.74) is 1.28. The summed E-state index contributed by atoms with van der Waals surface area (Å²) in [6, 6.07) is 9.51. The van der Waals surface area contributed by atoms with Crippen LogP contribution in [0.15, 0.2) is 52.0 Å². The van der Waals surface area contributed by atoms with Gasteiger partial charge in [0.25, 0.3) is 0 Å². The van der Waals surface area contributed by atoms with E-state index >= 15 is 0 Å².